The van der Waals surface area contributed by atoms with E-state index in [1.807, 2.05) is 0 Å². The first kappa shape index (κ1) is 19.6. The summed E-state index contributed by atoms with van der Waals surface area (Å²) in [7, 11) is 0. The molecule has 2 amide bonds. The predicted octanol–water partition coefficient (Wildman–Crippen LogP) is 4.24. The summed E-state index contributed by atoms with van der Waals surface area (Å²) >= 11 is 6.37. The van der Waals surface area contributed by atoms with Gasteiger partial charge in [-0.15, -0.1) is 0 Å². The zero-order chi connectivity index (χ0) is 20.3. The van der Waals surface area contributed by atoms with Gasteiger partial charge in [0.1, 0.15) is 11.0 Å². The Morgan fingerprint density at radius 3 is 2.18 bits per heavy atom. The van der Waals surface area contributed by atoms with Crippen molar-refractivity contribution in [2.75, 3.05) is 10.6 Å². The van der Waals surface area contributed by atoms with Crippen LogP contribution in [-0.2, 0) is 11.3 Å². The third-order valence-corrected chi connectivity index (χ3v) is 4.39. The molecule has 0 aliphatic rings. The lowest BCUT2D eigenvalue weighted by atomic mass is 10.2. The van der Waals surface area contributed by atoms with Gasteiger partial charge in [-0.3, -0.25) is 9.59 Å². The zero-order valence-electron chi connectivity index (χ0n) is 15.3. The molecule has 8 heteroatoms. The van der Waals surface area contributed by atoms with Crippen molar-refractivity contribution >= 4 is 34.8 Å². The van der Waals surface area contributed by atoms with Gasteiger partial charge in [-0.1, -0.05) is 23.7 Å². The van der Waals surface area contributed by atoms with Crippen molar-refractivity contribution in [2.45, 2.75) is 20.4 Å². The summed E-state index contributed by atoms with van der Waals surface area (Å²) in [6, 6.07) is 12.7. The zero-order valence-corrected chi connectivity index (χ0v) is 16.0. The van der Waals surface area contributed by atoms with Gasteiger partial charge in [-0.05, 0) is 48.9 Å². The molecule has 0 fully saturated rings. The number of nitrogens with zero attached hydrogens (tertiary/aromatic N) is 2. The molecule has 0 saturated heterocycles. The van der Waals surface area contributed by atoms with Crippen molar-refractivity contribution in [3.05, 3.63) is 76.3 Å². The molecule has 0 saturated carbocycles. The van der Waals surface area contributed by atoms with Gasteiger partial charge in [0, 0.05) is 18.3 Å². The van der Waals surface area contributed by atoms with Gasteiger partial charge in [0.2, 0.25) is 5.91 Å². The summed E-state index contributed by atoms with van der Waals surface area (Å²) in [5.41, 5.74) is 2.76. The minimum atomic E-state index is -0.389. The Labute approximate surface area is 166 Å². The van der Waals surface area contributed by atoms with Crippen molar-refractivity contribution in [1.82, 2.24) is 9.78 Å². The highest BCUT2D eigenvalue weighted by Crippen LogP contribution is 2.23. The molecule has 1 heterocycles. The highest BCUT2D eigenvalue weighted by molar-refractivity contribution is 6.33. The fourth-order valence-corrected chi connectivity index (χ4v) is 3.03. The third-order valence-electron chi connectivity index (χ3n) is 4.00. The van der Waals surface area contributed by atoms with E-state index in [1.54, 1.807) is 43.3 Å². The van der Waals surface area contributed by atoms with E-state index in [1.165, 1.54) is 23.7 Å². The van der Waals surface area contributed by atoms with Gasteiger partial charge in [-0.2, -0.15) is 5.10 Å². The Kier molecular flexibility index (Phi) is 5.75. The van der Waals surface area contributed by atoms with Crippen LogP contribution in [0.25, 0.3) is 0 Å². The molecule has 0 bridgehead atoms. The molecule has 3 aromatic rings. The monoisotopic (exact) mass is 400 g/mol. The molecule has 0 atom stereocenters. The van der Waals surface area contributed by atoms with E-state index in [0.717, 1.165) is 5.56 Å². The molecule has 1 aromatic heterocycles. The largest absolute Gasteiger partial charge is 0.326 e. The van der Waals surface area contributed by atoms with Gasteiger partial charge in [0.25, 0.3) is 5.91 Å². The molecule has 2 N–H and O–H groups in total. The molecule has 144 valence electrons. The fourth-order valence-electron chi connectivity index (χ4n) is 2.71. The number of halogens is 2. The molecule has 2 aromatic carbocycles. The molecule has 0 radical (unpaired) electrons. The van der Waals surface area contributed by atoms with Crippen LogP contribution in [0.15, 0.2) is 48.5 Å². The van der Waals surface area contributed by atoms with E-state index < -0.39 is 0 Å². The van der Waals surface area contributed by atoms with Gasteiger partial charge < -0.3 is 10.6 Å². The summed E-state index contributed by atoms with van der Waals surface area (Å²) in [5, 5.41) is 9.94. The molecule has 0 aliphatic carbocycles. The molecule has 0 spiro atoms. The first-order chi connectivity index (χ1) is 13.3. The van der Waals surface area contributed by atoms with Crippen molar-refractivity contribution in [1.29, 1.82) is 0 Å². The second-order valence-electron chi connectivity index (χ2n) is 6.25. The predicted molar refractivity (Wildman–Crippen MR) is 106 cm³/mol. The second kappa shape index (κ2) is 8.22. The van der Waals surface area contributed by atoms with E-state index in [9.17, 15) is 14.0 Å². The van der Waals surface area contributed by atoms with Crippen LogP contribution in [0.5, 0.6) is 0 Å². The van der Waals surface area contributed by atoms with E-state index in [0.29, 0.717) is 23.6 Å². The van der Waals surface area contributed by atoms with Crippen LogP contribution in [0.1, 0.15) is 28.5 Å². The lowest BCUT2D eigenvalue weighted by Crippen LogP contribution is -2.13. The first-order valence-corrected chi connectivity index (χ1v) is 8.87. The number of carbonyl (C=O) groups excluding carboxylic acids is 2. The average molecular weight is 401 g/mol. The smallest absolute Gasteiger partial charge is 0.260 e. The Balaban J connectivity index is 1.75. The maximum atomic E-state index is 13.1. The van der Waals surface area contributed by atoms with E-state index in [-0.39, 0.29) is 28.3 Å². The van der Waals surface area contributed by atoms with Crippen molar-refractivity contribution in [3.8, 4) is 0 Å². The minimum Gasteiger partial charge on any atom is -0.326 e. The summed E-state index contributed by atoms with van der Waals surface area (Å²) in [4.78, 5) is 23.7. The number of amides is 2. The molecule has 28 heavy (non-hydrogen) atoms. The van der Waals surface area contributed by atoms with Gasteiger partial charge in [-0.25, -0.2) is 9.07 Å². The lowest BCUT2D eigenvalue weighted by Gasteiger charge is -2.07. The van der Waals surface area contributed by atoms with E-state index in [2.05, 4.69) is 15.7 Å². The molecular weight excluding hydrogens is 383 g/mol. The second-order valence-corrected chi connectivity index (χ2v) is 6.61. The maximum absolute atomic E-state index is 13.1. The number of nitrogens with one attached hydrogen (secondary N) is 2. The molecule has 0 aliphatic heterocycles. The standard InChI is InChI=1S/C20H18ClFN4O2/c1-12-18(19(21)26(25-12)11-14-3-5-15(22)6-4-14)20(28)24-17-9-7-16(8-10-17)23-13(2)27/h3-10H,11H2,1-2H3,(H,23,27)(H,24,28). The Bertz CT molecular complexity index is 1010. The van der Waals surface area contributed by atoms with Gasteiger partial charge in [0.15, 0.2) is 0 Å². The van der Waals surface area contributed by atoms with Crippen LogP contribution in [0, 0.1) is 12.7 Å². The van der Waals surface area contributed by atoms with Crippen molar-refractivity contribution in [3.63, 3.8) is 0 Å². The number of hydrogen-bond acceptors (Lipinski definition) is 3. The summed E-state index contributed by atoms with van der Waals surface area (Å²) in [6.07, 6.45) is 0. The summed E-state index contributed by atoms with van der Waals surface area (Å²) in [5.74, 6) is -0.885. The van der Waals surface area contributed by atoms with Crippen LogP contribution in [0.2, 0.25) is 5.15 Å². The fraction of sp³-hybridized carbons (Fsp3) is 0.150. The SMILES string of the molecule is CC(=O)Nc1ccc(NC(=O)c2c(C)nn(Cc3ccc(F)cc3)c2Cl)cc1. The maximum Gasteiger partial charge on any atom is 0.260 e. The summed E-state index contributed by atoms with van der Waals surface area (Å²) in [6.45, 7) is 3.44. The average Bonchev–Trinajstić information content (AvgIpc) is 2.91. The highest BCUT2D eigenvalue weighted by atomic mass is 35.5. The Hall–Kier alpha value is -3.19. The molecule has 0 unspecified atom stereocenters. The van der Waals surface area contributed by atoms with Crippen LogP contribution in [-0.4, -0.2) is 21.6 Å². The van der Waals surface area contributed by atoms with Crippen LogP contribution >= 0.6 is 11.6 Å². The normalized spacial score (nSPS) is 10.6. The highest BCUT2D eigenvalue weighted by Gasteiger charge is 2.20. The molecule has 6 nitrogen and oxygen atoms in total. The van der Waals surface area contributed by atoms with Crippen LogP contribution in [0.3, 0.4) is 0 Å². The summed E-state index contributed by atoms with van der Waals surface area (Å²) < 4.78 is 14.5. The van der Waals surface area contributed by atoms with Crippen molar-refractivity contribution in [2.24, 2.45) is 0 Å². The number of rotatable bonds is 5. The number of carbonyl (C=O) groups is 2. The van der Waals surface area contributed by atoms with E-state index >= 15 is 0 Å². The van der Waals surface area contributed by atoms with Gasteiger partial charge >= 0.3 is 0 Å². The van der Waals surface area contributed by atoms with Gasteiger partial charge in [0.05, 0.1) is 17.8 Å². The molecular formula is C20H18ClFN4O2. The first-order valence-electron chi connectivity index (χ1n) is 8.50. The van der Waals surface area contributed by atoms with Crippen molar-refractivity contribution < 1.29 is 14.0 Å². The lowest BCUT2D eigenvalue weighted by molar-refractivity contribution is -0.114. The quantitative estimate of drug-likeness (QED) is 0.672. The number of anilines is 2. The topological polar surface area (TPSA) is 76.0 Å². The number of hydrogen-bond donors (Lipinski definition) is 2. The van der Waals surface area contributed by atoms with Crippen LogP contribution in [0.4, 0.5) is 15.8 Å². The number of benzene rings is 2. The minimum absolute atomic E-state index is 0.173. The number of aromatic nitrogens is 2. The Morgan fingerprint density at radius 2 is 1.61 bits per heavy atom. The van der Waals surface area contributed by atoms with E-state index in [4.69, 9.17) is 11.6 Å². The number of aryl methyl sites for hydroxylation is 1. The third kappa shape index (κ3) is 4.55. The Morgan fingerprint density at radius 1 is 1.04 bits per heavy atom. The van der Waals surface area contributed by atoms with Crippen LogP contribution < -0.4 is 10.6 Å². The molecule has 3 rings (SSSR count).